The van der Waals surface area contributed by atoms with Gasteiger partial charge in [-0.05, 0) is 11.0 Å². The highest BCUT2D eigenvalue weighted by Crippen LogP contribution is 2.30. The van der Waals surface area contributed by atoms with E-state index in [1.54, 1.807) is 0 Å². The first-order valence-electron chi connectivity index (χ1n) is 4.62. The van der Waals surface area contributed by atoms with E-state index in [0.29, 0.717) is 12.5 Å². The van der Waals surface area contributed by atoms with Crippen LogP contribution >= 0.6 is 0 Å². The van der Waals surface area contributed by atoms with Gasteiger partial charge in [-0.2, -0.15) is 5.43 Å². The summed E-state index contributed by atoms with van der Waals surface area (Å²) in [6.07, 6.45) is 2.79. The predicted octanol–water partition coefficient (Wildman–Crippen LogP) is 1.15. The van der Waals surface area contributed by atoms with Crippen molar-refractivity contribution >= 4 is 5.69 Å². The molecule has 4 heteroatoms. The molecule has 1 aromatic rings. The molecular weight excluding hydrogens is 178 g/mol. The number of rotatable bonds is 0. The van der Waals surface area contributed by atoms with Crippen LogP contribution in [0.5, 0.6) is 0 Å². The number of anilines is 1. The maximum Gasteiger partial charge on any atom is 0.346 e. The number of nitroso groups, excluding NO2 is 1. The van der Waals surface area contributed by atoms with Crippen LogP contribution in [0.15, 0.2) is 36.2 Å². The number of hydrazine groups is 1. The molecule has 0 bridgehead atoms. The Bertz CT molecular complexity index is 439. The minimum Gasteiger partial charge on any atom is -0.201 e. The molecule has 3 rings (SSSR count). The monoisotopic (exact) mass is 188 g/mol. The summed E-state index contributed by atoms with van der Waals surface area (Å²) in [6.45, 7) is 0.562. The fraction of sp³-hybridized carbons (Fsp3) is 0.200. The van der Waals surface area contributed by atoms with Gasteiger partial charge in [0.15, 0.2) is 6.67 Å². The van der Waals surface area contributed by atoms with Crippen molar-refractivity contribution in [3.8, 4) is 0 Å². The van der Waals surface area contributed by atoms with E-state index in [1.807, 2.05) is 29.2 Å². The van der Waals surface area contributed by atoms with E-state index in [-0.39, 0.29) is 0 Å². The molecule has 70 valence electrons. The van der Waals surface area contributed by atoms with Crippen molar-refractivity contribution in [3.05, 3.63) is 46.6 Å². The molecule has 1 N–H and O–H groups in total. The van der Waals surface area contributed by atoms with Crippen LogP contribution in [0.2, 0.25) is 0 Å². The molecule has 2 heterocycles. The van der Waals surface area contributed by atoms with Crippen molar-refractivity contribution < 1.29 is 4.87 Å². The van der Waals surface area contributed by atoms with E-state index < -0.39 is 0 Å². The maximum atomic E-state index is 11.3. The Hall–Kier alpha value is -1.84. The second-order valence-electron chi connectivity index (χ2n) is 3.43. The molecule has 1 fully saturated rings. The van der Waals surface area contributed by atoms with E-state index >= 15 is 0 Å². The third-order valence-electron chi connectivity index (χ3n) is 2.64. The number of nitrogens with zero attached hydrogens (tertiary/aromatic N) is 2. The number of hydrogen-bond acceptors (Lipinski definition) is 2. The van der Waals surface area contributed by atoms with E-state index in [1.165, 1.54) is 5.56 Å². The lowest BCUT2D eigenvalue weighted by molar-refractivity contribution is -0.543. The maximum absolute atomic E-state index is 11.3. The van der Waals surface area contributed by atoms with Crippen molar-refractivity contribution in [2.24, 2.45) is 0 Å². The second-order valence-corrected chi connectivity index (χ2v) is 3.43. The van der Waals surface area contributed by atoms with Crippen LogP contribution in [0.1, 0.15) is 5.56 Å². The van der Waals surface area contributed by atoms with Gasteiger partial charge >= 0.3 is 5.82 Å². The SMILES string of the molecule is O=[N+]1NCN2C1=CCc1ccccc12. The van der Waals surface area contributed by atoms with Gasteiger partial charge in [0.05, 0.1) is 4.87 Å². The summed E-state index contributed by atoms with van der Waals surface area (Å²) in [6, 6.07) is 8.16. The highest BCUT2D eigenvalue weighted by Gasteiger charge is 2.37. The van der Waals surface area contributed by atoms with Gasteiger partial charge in [0.2, 0.25) is 0 Å². The number of nitrogens with one attached hydrogen (secondary N) is 1. The average molecular weight is 188 g/mol. The van der Waals surface area contributed by atoms with Crippen LogP contribution in [0, 0.1) is 4.91 Å². The Balaban J connectivity index is 2.13. The van der Waals surface area contributed by atoms with Crippen LogP contribution in [0.25, 0.3) is 0 Å². The Morgan fingerprint density at radius 1 is 1.36 bits per heavy atom. The van der Waals surface area contributed by atoms with Crippen molar-refractivity contribution in [1.29, 1.82) is 0 Å². The molecule has 0 amide bonds. The first-order chi connectivity index (χ1) is 6.86. The summed E-state index contributed by atoms with van der Waals surface area (Å²) in [7, 11) is 0. The van der Waals surface area contributed by atoms with Gasteiger partial charge in [0.25, 0.3) is 0 Å². The molecule has 14 heavy (non-hydrogen) atoms. The Kier molecular flexibility index (Phi) is 1.39. The van der Waals surface area contributed by atoms with Gasteiger partial charge < -0.3 is 0 Å². The zero-order chi connectivity index (χ0) is 9.54. The first kappa shape index (κ1) is 7.55. The van der Waals surface area contributed by atoms with E-state index in [4.69, 9.17) is 0 Å². The summed E-state index contributed by atoms with van der Waals surface area (Å²) >= 11 is 0. The summed E-state index contributed by atoms with van der Waals surface area (Å²) < 4.78 is 0. The molecule has 2 aliphatic heterocycles. The first-order valence-corrected chi connectivity index (χ1v) is 4.62. The highest BCUT2D eigenvalue weighted by molar-refractivity contribution is 5.60. The molecule has 0 radical (unpaired) electrons. The third-order valence-corrected chi connectivity index (χ3v) is 2.64. The molecule has 4 nitrogen and oxygen atoms in total. The number of fused-ring (bicyclic) bond motifs is 3. The Labute approximate surface area is 81.4 Å². The van der Waals surface area contributed by atoms with Crippen LogP contribution in [0.3, 0.4) is 0 Å². The Morgan fingerprint density at radius 2 is 2.21 bits per heavy atom. The second kappa shape index (κ2) is 2.57. The third kappa shape index (κ3) is 0.878. The molecule has 0 saturated carbocycles. The van der Waals surface area contributed by atoms with E-state index in [2.05, 4.69) is 11.5 Å². The fourth-order valence-electron chi connectivity index (χ4n) is 1.96. The van der Waals surface area contributed by atoms with E-state index in [0.717, 1.165) is 17.0 Å². The molecule has 1 saturated heterocycles. The number of para-hydroxylation sites is 1. The van der Waals surface area contributed by atoms with Gasteiger partial charge in [-0.3, -0.25) is 0 Å². The molecule has 0 aliphatic carbocycles. The lowest BCUT2D eigenvalue weighted by Gasteiger charge is -2.15. The fourth-order valence-corrected chi connectivity index (χ4v) is 1.96. The lowest BCUT2D eigenvalue weighted by Crippen LogP contribution is -2.23. The molecule has 0 atom stereocenters. The smallest absolute Gasteiger partial charge is 0.201 e. The standard InChI is InChI=1S/C10H10N3O/c14-13-10-6-5-8-3-1-2-4-9(8)12(10)7-11-13/h1-4,6H,5,7H2,(H,11,14)/q+1. The average Bonchev–Trinajstić information content (AvgIpc) is 2.61. The van der Waals surface area contributed by atoms with Crippen molar-refractivity contribution in [2.75, 3.05) is 11.6 Å². The largest absolute Gasteiger partial charge is 0.346 e. The van der Waals surface area contributed by atoms with Gasteiger partial charge in [-0.15, -0.1) is 0 Å². The number of benzene rings is 1. The molecule has 0 spiro atoms. The number of hydrogen-bond donors (Lipinski definition) is 1. The Morgan fingerprint density at radius 3 is 3.14 bits per heavy atom. The van der Waals surface area contributed by atoms with Gasteiger partial charge in [0.1, 0.15) is 5.69 Å². The summed E-state index contributed by atoms with van der Waals surface area (Å²) in [4.78, 5) is 14.1. The summed E-state index contributed by atoms with van der Waals surface area (Å²) in [5.41, 5.74) is 5.14. The molecule has 0 aromatic heterocycles. The van der Waals surface area contributed by atoms with Gasteiger partial charge in [-0.25, -0.2) is 4.90 Å². The minimum atomic E-state index is 0.562. The zero-order valence-corrected chi connectivity index (χ0v) is 7.60. The van der Waals surface area contributed by atoms with Crippen molar-refractivity contribution in [3.63, 3.8) is 0 Å². The highest BCUT2D eigenvalue weighted by atomic mass is 16.3. The van der Waals surface area contributed by atoms with Crippen molar-refractivity contribution in [1.82, 2.24) is 5.43 Å². The van der Waals surface area contributed by atoms with Crippen molar-refractivity contribution in [2.45, 2.75) is 6.42 Å². The zero-order valence-electron chi connectivity index (χ0n) is 7.60. The molecule has 2 aliphatic rings. The molecule has 1 aromatic carbocycles. The van der Waals surface area contributed by atoms with Crippen LogP contribution in [-0.4, -0.2) is 11.5 Å². The predicted molar refractivity (Wildman–Crippen MR) is 52.3 cm³/mol. The topological polar surface area (TPSA) is 35.4 Å². The van der Waals surface area contributed by atoms with Gasteiger partial charge in [-0.1, -0.05) is 18.2 Å². The molecular formula is C10H10N3O+. The summed E-state index contributed by atoms with van der Waals surface area (Å²) in [5, 5.41) is 0. The normalized spacial score (nSPS) is 18.4. The lowest BCUT2D eigenvalue weighted by atomic mass is 10.1. The summed E-state index contributed by atoms with van der Waals surface area (Å²) in [5.74, 6) is 0.712. The molecule has 0 unspecified atom stereocenters. The van der Waals surface area contributed by atoms with Crippen LogP contribution in [-0.2, 0) is 6.42 Å². The van der Waals surface area contributed by atoms with Crippen LogP contribution < -0.4 is 10.3 Å². The minimum absolute atomic E-state index is 0.562. The van der Waals surface area contributed by atoms with Gasteiger partial charge in [0, 0.05) is 18.1 Å². The quantitative estimate of drug-likeness (QED) is 0.620. The van der Waals surface area contributed by atoms with Crippen LogP contribution in [0.4, 0.5) is 5.69 Å². The van der Waals surface area contributed by atoms with E-state index in [9.17, 15) is 4.91 Å². The number of allylic oxidation sites excluding steroid dienone is 1.